The number of aliphatic hydroxyl groups is 1. The quantitative estimate of drug-likeness (QED) is 0.0222. The van der Waals surface area contributed by atoms with Gasteiger partial charge < -0.3 is 33.8 Å². The van der Waals surface area contributed by atoms with Crippen molar-refractivity contribution in [3.8, 4) is 0 Å². The Morgan fingerprint density at radius 1 is 0.297 bits per heavy atom. The smallest absolute Gasteiger partial charge is 0.462 e. The van der Waals surface area contributed by atoms with Gasteiger partial charge in [-0.2, -0.15) is 0 Å². The Labute approximate surface area is 556 Å². The zero-order valence-electron chi connectivity index (χ0n) is 59.0. The monoisotopic (exact) mass is 1340 g/mol. The SMILES string of the molecule is CCCCCCCCCCCCCCCCCCCCC(=O)O[C@H](COC(=O)CCCCCCCCCCCCCCCCCC)COP(=O)(O)OC[C@@H](O)COP(=O)(O)OC[C@@H](COC(=O)CCCCCCC)OC(=O)CCCCCCCCCCCC(C)C. The fraction of sp³-hybridized carbons (Fsp3) is 0.944. The summed E-state index contributed by atoms with van der Waals surface area (Å²) in [7, 11) is -9.89. The zero-order chi connectivity index (χ0) is 67.0. The van der Waals surface area contributed by atoms with E-state index < -0.39 is 97.5 Å². The lowest BCUT2D eigenvalue weighted by Gasteiger charge is -2.21. The minimum atomic E-state index is -4.95. The van der Waals surface area contributed by atoms with Crippen molar-refractivity contribution in [2.75, 3.05) is 39.6 Å². The van der Waals surface area contributed by atoms with Crippen molar-refractivity contribution in [3.63, 3.8) is 0 Å². The third kappa shape index (κ3) is 66.5. The number of ether oxygens (including phenoxy) is 4. The van der Waals surface area contributed by atoms with Gasteiger partial charge in [-0.25, -0.2) is 9.13 Å². The first kappa shape index (κ1) is 89.1. The van der Waals surface area contributed by atoms with Crippen molar-refractivity contribution >= 4 is 39.5 Å². The molecule has 3 N–H and O–H groups in total. The molecule has 0 radical (unpaired) electrons. The molecule has 0 aromatic heterocycles. The fourth-order valence-electron chi connectivity index (χ4n) is 11.0. The Morgan fingerprint density at radius 2 is 0.505 bits per heavy atom. The van der Waals surface area contributed by atoms with Crippen LogP contribution in [0.25, 0.3) is 0 Å². The second-order valence-corrected chi connectivity index (χ2v) is 29.4. The van der Waals surface area contributed by atoms with Crippen molar-refractivity contribution in [1.29, 1.82) is 0 Å². The minimum Gasteiger partial charge on any atom is -0.462 e. The molecule has 19 heteroatoms. The first-order valence-corrected chi connectivity index (χ1v) is 40.6. The van der Waals surface area contributed by atoms with Crippen molar-refractivity contribution in [1.82, 2.24) is 0 Å². The molecular weight excluding hydrogens is 1200 g/mol. The van der Waals surface area contributed by atoms with Gasteiger partial charge in [-0.05, 0) is 31.6 Å². The maximum absolute atomic E-state index is 13.0. The third-order valence-electron chi connectivity index (χ3n) is 16.8. The molecule has 91 heavy (non-hydrogen) atoms. The molecule has 0 aliphatic rings. The summed E-state index contributed by atoms with van der Waals surface area (Å²) in [6, 6.07) is 0. The Morgan fingerprint density at radius 3 is 0.747 bits per heavy atom. The first-order valence-electron chi connectivity index (χ1n) is 37.6. The van der Waals surface area contributed by atoms with Gasteiger partial charge in [0, 0.05) is 25.7 Å². The summed E-state index contributed by atoms with van der Waals surface area (Å²) in [5.74, 6) is -1.39. The number of phosphoric ester groups is 2. The summed E-state index contributed by atoms with van der Waals surface area (Å²) in [4.78, 5) is 72.4. The lowest BCUT2D eigenvalue weighted by Crippen LogP contribution is -2.30. The molecule has 0 saturated carbocycles. The number of hydrogen-bond acceptors (Lipinski definition) is 15. The second kappa shape index (κ2) is 65.4. The van der Waals surface area contributed by atoms with E-state index in [2.05, 4.69) is 34.6 Å². The maximum Gasteiger partial charge on any atom is 0.472 e. The van der Waals surface area contributed by atoms with E-state index in [1.54, 1.807) is 0 Å². The number of phosphoric acid groups is 2. The highest BCUT2D eigenvalue weighted by Crippen LogP contribution is 2.45. The van der Waals surface area contributed by atoms with Gasteiger partial charge in [0.2, 0.25) is 0 Å². The molecule has 0 aromatic rings. The highest BCUT2D eigenvalue weighted by molar-refractivity contribution is 7.47. The van der Waals surface area contributed by atoms with Gasteiger partial charge in [0.25, 0.3) is 0 Å². The van der Waals surface area contributed by atoms with E-state index in [9.17, 15) is 43.2 Å². The summed E-state index contributed by atoms with van der Waals surface area (Å²) >= 11 is 0. The van der Waals surface area contributed by atoms with Crippen LogP contribution in [0.1, 0.15) is 375 Å². The molecule has 0 heterocycles. The molecule has 5 atom stereocenters. The van der Waals surface area contributed by atoms with Crippen LogP contribution in [0.5, 0.6) is 0 Å². The van der Waals surface area contributed by atoms with Crippen LogP contribution >= 0.6 is 15.6 Å². The number of carbonyl (C=O) groups excluding carboxylic acids is 4. The van der Waals surface area contributed by atoms with Crippen LogP contribution in [0.15, 0.2) is 0 Å². The molecule has 0 aliphatic carbocycles. The van der Waals surface area contributed by atoms with Gasteiger partial charge in [-0.15, -0.1) is 0 Å². The van der Waals surface area contributed by atoms with E-state index in [1.807, 2.05) is 0 Å². The van der Waals surface area contributed by atoms with Crippen LogP contribution in [0.4, 0.5) is 0 Å². The van der Waals surface area contributed by atoms with Crippen molar-refractivity contribution < 1.29 is 80.2 Å². The fourth-order valence-corrected chi connectivity index (χ4v) is 12.6. The molecule has 0 aromatic carbocycles. The first-order chi connectivity index (χ1) is 44.0. The van der Waals surface area contributed by atoms with Crippen molar-refractivity contribution in [2.45, 2.75) is 393 Å². The zero-order valence-corrected chi connectivity index (χ0v) is 60.8. The van der Waals surface area contributed by atoms with E-state index in [0.29, 0.717) is 25.7 Å². The van der Waals surface area contributed by atoms with Gasteiger partial charge in [0.15, 0.2) is 12.2 Å². The summed E-state index contributed by atoms with van der Waals surface area (Å²) in [6.45, 7) is 7.15. The molecule has 0 amide bonds. The lowest BCUT2D eigenvalue weighted by molar-refractivity contribution is -0.161. The summed E-state index contributed by atoms with van der Waals surface area (Å²) in [5, 5.41) is 10.6. The Bertz CT molecular complexity index is 1750. The number of rotatable bonds is 72. The molecule has 0 rings (SSSR count). The van der Waals surface area contributed by atoms with Crippen LogP contribution in [-0.4, -0.2) is 96.7 Å². The Balaban J connectivity index is 5.15. The minimum absolute atomic E-state index is 0.105. The topological polar surface area (TPSA) is 237 Å². The molecule has 540 valence electrons. The van der Waals surface area contributed by atoms with Gasteiger partial charge >= 0.3 is 39.5 Å². The lowest BCUT2D eigenvalue weighted by atomic mass is 10.0. The molecule has 0 saturated heterocycles. The maximum atomic E-state index is 13.0. The van der Waals surface area contributed by atoms with Gasteiger partial charge in [0.1, 0.15) is 19.3 Å². The van der Waals surface area contributed by atoms with Crippen LogP contribution < -0.4 is 0 Å². The Kier molecular flexibility index (Phi) is 64.0. The predicted molar refractivity (Wildman–Crippen MR) is 368 cm³/mol. The van der Waals surface area contributed by atoms with E-state index in [0.717, 1.165) is 102 Å². The number of hydrogen-bond donors (Lipinski definition) is 3. The summed E-state index contributed by atoms with van der Waals surface area (Å²) in [6.07, 6.45) is 53.2. The molecule has 0 aliphatic heterocycles. The van der Waals surface area contributed by atoms with Crippen LogP contribution in [0.2, 0.25) is 0 Å². The van der Waals surface area contributed by atoms with E-state index in [1.165, 1.54) is 193 Å². The molecule has 0 spiro atoms. The average molecular weight is 1340 g/mol. The number of aliphatic hydroxyl groups excluding tert-OH is 1. The summed E-state index contributed by atoms with van der Waals surface area (Å²) < 4.78 is 68.2. The van der Waals surface area contributed by atoms with E-state index in [-0.39, 0.29) is 25.7 Å². The van der Waals surface area contributed by atoms with Gasteiger partial charge in [-0.3, -0.25) is 37.3 Å². The number of esters is 4. The molecular formula is C72H140O17P2. The van der Waals surface area contributed by atoms with E-state index >= 15 is 0 Å². The molecule has 2 unspecified atom stereocenters. The molecule has 0 fully saturated rings. The van der Waals surface area contributed by atoms with Gasteiger partial charge in [-0.1, -0.05) is 324 Å². The van der Waals surface area contributed by atoms with Crippen molar-refractivity contribution in [3.05, 3.63) is 0 Å². The summed E-state index contributed by atoms with van der Waals surface area (Å²) in [5.41, 5.74) is 0. The normalized spacial score (nSPS) is 14.0. The third-order valence-corrected chi connectivity index (χ3v) is 18.7. The largest absolute Gasteiger partial charge is 0.472 e. The highest BCUT2D eigenvalue weighted by Gasteiger charge is 2.30. The van der Waals surface area contributed by atoms with Crippen LogP contribution in [-0.2, 0) is 65.4 Å². The van der Waals surface area contributed by atoms with E-state index in [4.69, 9.17) is 37.0 Å². The number of carbonyl (C=O) groups is 4. The second-order valence-electron chi connectivity index (χ2n) is 26.5. The highest BCUT2D eigenvalue weighted by atomic mass is 31.2. The predicted octanol–water partition coefficient (Wildman–Crippen LogP) is 20.9. The Hall–Kier alpha value is -1.94. The number of unbranched alkanes of at least 4 members (excludes halogenated alkanes) is 44. The standard InChI is InChI=1S/C72H140O17P2/c1-6-9-12-15-17-19-21-23-25-27-28-30-32-34-38-42-47-52-57-71(76)89-68(62-83-70(75)56-51-46-41-37-33-31-29-26-24-22-20-18-16-13-10-7-2)64-87-91(80,81)85-60-66(73)59-84-90(78,79)86-63-67(61-82-69(74)55-50-44-14-11-8-3)88-72(77)58-53-48-43-39-35-36-40-45-49-54-65(4)5/h65-68,73H,6-64H2,1-5H3,(H,78,79)(H,80,81)/t66-,67+,68+/m0/s1. The van der Waals surface area contributed by atoms with Crippen molar-refractivity contribution in [2.24, 2.45) is 5.92 Å². The van der Waals surface area contributed by atoms with Crippen LogP contribution in [0.3, 0.4) is 0 Å². The average Bonchev–Trinajstić information content (AvgIpc) is 2.85. The molecule has 0 bridgehead atoms. The molecule has 17 nitrogen and oxygen atoms in total. The van der Waals surface area contributed by atoms with Crippen LogP contribution in [0, 0.1) is 5.92 Å². The van der Waals surface area contributed by atoms with Gasteiger partial charge in [0.05, 0.1) is 26.4 Å².